The van der Waals surface area contributed by atoms with Crippen LogP contribution in [-0.2, 0) is 9.59 Å². The molecule has 0 saturated heterocycles. The first kappa shape index (κ1) is 29.9. The first-order valence-corrected chi connectivity index (χ1v) is 13.6. The van der Waals surface area contributed by atoms with E-state index in [1.165, 1.54) is 77.0 Å². The Bertz CT molecular complexity index is 423. The number of carbonyl (C=O) groups excluding carboxylic acids is 2. The molecule has 0 radical (unpaired) electrons. The lowest BCUT2D eigenvalue weighted by Gasteiger charge is -2.23. The summed E-state index contributed by atoms with van der Waals surface area (Å²) in [5.74, 6) is 0.557. The van der Waals surface area contributed by atoms with Gasteiger partial charge in [0.25, 0.3) is 0 Å². The summed E-state index contributed by atoms with van der Waals surface area (Å²) in [5.41, 5.74) is 0. The van der Waals surface area contributed by atoms with Crippen molar-refractivity contribution in [2.75, 3.05) is 6.54 Å². The largest absolute Gasteiger partial charge is 0.354 e. The zero-order chi connectivity index (χ0) is 23.2. The monoisotopic (exact) mass is 438 g/mol. The summed E-state index contributed by atoms with van der Waals surface area (Å²) >= 11 is 0. The molecule has 0 saturated carbocycles. The van der Waals surface area contributed by atoms with Crippen LogP contribution < -0.4 is 10.6 Å². The van der Waals surface area contributed by atoms with Gasteiger partial charge in [0.1, 0.15) is 0 Å². The van der Waals surface area contributed by atoms with Crippen LogP contribution in [0.15, 0.2) is 0 Å². The molecule has 2 amide bonds. The average Bonchev–Trinajstić information content (AvgIpc) is 2.74. The van der Waals surface area contributed by atoms with Crippen molar-refractivity contribution in [1.29, 1.82) is 0 Å². The van der Waals surface area contributed by atoms with Gasteiger partial charge in [-0.15, -0.1) is 0 Å². The minimum absolute atomic E-state index is 0.0176. The maximum Gasteiger partial charge on any atom is 0.220 e. The summed E-state index contributed by atoms with van der Waals surface area (Å²) in [7, 11) is 0. The molecule has 0 rings (SSSR count). The van der Waals surface area contributed by atoms with Gasteiger partial charge in [-0.1, -0.05) is 118 Å². The van der Waals surface area contributed by atoms with E-state index in [0.717, 1.165) is 25.7 Å². The highest BCUT2D eigenvalue weighted by Gasteiger charge is 2.17. The number of nitrogens with one attached hydrogen (secondary N) is 2. The Morgan fingerprint density at radius 2 is 0.968 bits per heavy atom. The van der Waals surface area contributed by atoms with E-state index < -0.39 is 0 Å². The number of unbranched alkanes of at least 4 members (excludes halogenated alkanes) is 14. The van der Waals surface area contributed by atoms with Crippen LogP contribution >= 0.6 is 0 Å². The number of rotatable bonds is 22. The minimum Gasteiger partial charge on any atom is -0.354 e. The van der Waals surface area contributed by atoms with Crippen molar-refractivity contribution < 1.29 is 9.59 Å². The van der Waals surface area contributed by atoms with Gasteiger partial charge >= 0.3 is 0 Å². The van der Waals surface area contributed by atoms with E-state index in [2.05, 4.69) is 38.3 Å². The quantitative estimate of drug-likeness (QED) is 0.174. The summed E-state index contributed by atoms with van der Waals surface area (Å²) in [4.78, 5) is 24.4. The maximum atomic E-state index is 12.3. The van der Waals surface area contributed by atoms with E-state index in [1.807, 2.05) is 0 Å². The lowest BCUT2D eigenvalue weighted by Crippen LogP contribution is -2.46. The molecule has 0 aliphatic heterocycles. The maximum absolute atomic E-state index is 12.3. The van der Waals surface area contributed by atoms with Crippen LogP contribution in [0.4, 0.5) is 0 Å². The second-order valence-electron chi connectivity index (χ2n) is 9.67. The molecular weight excluding hydrogens is 384 g/mol. The Labute approximate surface area is 194 Å². The lowest BCUT2D eigenvalue weighted by atomic mass is 10.0. The Morgan fingerprint density at radius 3 is 1.39 bits per heavy atom. The number of hydrogen-bond donors (Lipinski definition) is 2. The minimum atomic E-state index is 0.0176. The number of carbonyl (C=O) groups is 2. The van der Waals surface area contributed by atoms with Crippen LogP contribution in [0.5, 0.6) is 0 Å². The van der Waals surface area contributed by atoms with Crippen LogP contribution in [0.2, 0.25) is 0 Å². The van der Waals surface area contributed by atoms with Crippen LogP contribution in [-0.4, -0.2) is 24.4 Å². The molecule has 0 heterocycles. The molecule has 0 unspecified atom stereocenters. The Morgan fingerprint density at radius 1 is 0.581 bits per heavy atom. The van der Waals surface area contributed by atoms with Crippen molar-refractivity contribution >= 4 is 11.8 Å². The molecule has 0 spiro atoms. The van der Waals surface area contributed by atoms with E-state index >= 15 is 0 Å². The number of hydrogen-bond acceptors (Lipinski definition) is 2. The molecule has 1 atom stereocenters. The summed E-state index contributed by atoms with van der Waals surface area (Å²) in [6.07, 6.45) is 21.1. The van der Waals surface area contributed by atoms with Gasteiger partial charge in [-0.3, -0.25) is 9.59 Å². The van der Waals surface area contributed by atoms with Crippen molar-refractivity contribution in [3.05, 3.63) is 0 Å². The molecule has 0 aromatic carbocycles. The first-order valence-electron chi connectivity index (χ1n) is 13.6. The molecule has 0 bridgehead atoms. The Balaban J connectivity index is 3.80. The van der Waals surface area contributed by atoms with Crippen molar-refractivity contribution in [2.45, 2.75) is 149 Å². The summed E-state index contributed by atoms with van der Waals surface area (Å²) in [6, 6.07) is 0.0176. The Kier molecular flexibility index (Phi) is 21.4. The van der Waals surface area contributed by atoms with E-state index in [1.54, 1.807) is 0 Å². The summed E-state index contributed by atoms with van der Waals surface area (Å²) in [5, 5.41) is 6.17. The third-order valence-electron chi connectivity index (χ3n) is 6.19. The van der Waals surface area contributed by atoms with Gasteiger partial charge in [0.2, 0.25) is 11.8 Å². The molecule has 2 N–H and O–H groups in total. The normalized spacial score (nSPS) is 12.2. The predicted octanol–water partition coefficient (Wildman–Crippen LogP) is 7.31. The van der Waals surface area contributed by atoms with Crippen molar-refractivity contribution in [2.24, 2.45) is 5.92 Å². The molecule has 4 heteroatoms. The zero-order valence-electron chi connectivity index (χ0n) is 21.4. The highest BCUT2D eigenvalue weighted by molar-refractivity contribution is 5.77. The van der Waals surface area contributed by atoms with E-state index in [-0.39, 0.29) is 17.9 Å². The fourth-order valence-electron chi connectivity index (χ4n) is 3.88. The third kappa shape index (κ3) is 20.6. The molecule has 0 aliphatic carbocycles. The topological polar surface area (TPSA) is 58.2 Å². The van der Waals surface area contributed by atoms with E-state index in [0.29, 0.717) is 25.3 Å². The third-order valence-corrected chi connectivity index (χ3v) is 6.19. The van der Waals surface area contributed by atoms with Gasteiger partial charge in [0, 0.05) is 25.4 Å². The van der Waals surface area contributed by atoms with Crippen LogP contribution in [0, 0.1) is 5.92 Å². The fraction of sp³-hybridized carbons (Fsp3) is 0.926. The zero-order valence-corrected chi connectivity index (χ0v) is 21.4. The fourth-order valence-corrected chi connectivity index (χ4v) is 3.88. The van der Waals surface area contributed by atoms with Gasteiger partial charge in [0.15, 0.2) is 0 Å². The standard InChI is InChI=1S/C27H54N2O2/c1-5-7-9-11-13-15-17-19-21-26(30)28-23-25(24(3)4)29-27(31)22-20-18-16-14-12-10-8-6-2/h24-25H,5-23H2,1-4H3,(H,28,30)(H,29,31)/t25-/m1/s1. The van der Waals surface area contributed by atoms with Crippen LogP contribution in [0.3, 0.4) is 0 Å². The highest BCUT2D eigenvalue weighted by Crippen LogP contribution is 2.11. The SMILES string of the molecule is CCCCCCCCCCC(=O)NC[C@@H](NC(=O)CCCCCCCCCC)C(C)C. The predicted molar refractivity (Wildman–Crippen MR) is 134 cm³/mol. The van der Waals surface area contributed by atoms with E-state index in [9.17, 15) is 9.59 Å². The molecule has 0 aromatic rings. The molecular formula is C27H54N2O2. The van der Waals surface area contributed by atoms with Crippen molar-refractivity contribution in [3.8, 4) is 0 Å². The summed E-state index contributed by atoms with van der Waals surface area (Å²) in [6.45, 7) is 9.23. The first-order chi connectivity index (χ1) is 15.0. The van der Waals surface area contributed by atoms with Gasteiger partial charge < -0.3 is 10.6 Å². The smallest absolute Gasteiger partial charge is 0.220 e. The molecule has 184 valence electrons. The molecule has 0 fully saturated rings. The summed E-state index contributed by atoms with van der Waals surface area (Å²) < 4.78 is 0. The molecule has 0 aromatic heterocycles. The second kappa shape index (κ2) is 22.1. The lowest BCUT2D eigenvalue weighted by molar-refractivity contribution is -0.124. The Hall–Kier alpha value is -1.06. The van der Waals surface area contributed by atoms with Gasteiger partial charge in [-0.2, -0.15) is 0 Å². The van der Waals surface area contributed by atoms with Crippen LogP contribution in [0.1, 0.15) is 143 Å². The number of amides is 2. The van der Waals surface area contributed by atoms with Gasteiger partial charge in [-0.05, 0) is 18.8 Å². The van der Waals surface area contributed by atoms with Gasteiger partial charge in [-0.25, -0.2) is 0 Å². The molecule has 4 nitrogen and oxygen atoms in total. The van der Waals surface area contributed by atoms with Crippen LogP contribution in [0.25, 0.3) is 0 Å². The van der Waals surface area contributed by atoms with Crippen molar-refractivity contribution in [1.82, 2.24) is 10.6 Å². The molecule has 31 heavy (non-hydrogen) atoms. The van der Waals surface area contributed by atoms with Crippen molar-refractivity contribution in [3.63, 3.8) is 0 Å². The molecule has 0 aliphatic rings. The van der Waals surface area contributed by atoms with Gasteiger partial charge in [0.05, 0.1) is 0 Å². The highest BCUT2D eigenvalue weighted by atomic mass is 16.2. The second-order valence-corrected chi connectivity index (χ2v) is 9.67. The average molecular weight is 439 g/mol. The van der Waals surface area contributed by atoms with E-state index in [4.69, 9.17) is 0 Å².